The molecule has 0 amide bonds. The molecule has 0 spiro atoms. The third-order valence-electron chi connectivity index (χ3n) is 1.19. The molecule has 0 heterocycles. The number of carbonyl (C=O) groups is 1. The summed E-state index contributed by atoms with van der Waals surface area (Å²) in [5.41, 5.74) is 0. The van der Waals surface area contributed by atoms with Crippen LogP contribution >= 0.6 is 15.9 Å². The normalized spacial score (nSPS) is 14.2. The van der Waals surface area contributed by atoms with Crippen molar-refractivity contribution in [2.45, 2.75) is 23.1 Å². The van der Waals surface area contributed by atoms with Crippen molar-refractivity contribution in [2.24, 2.45) is 0 Å². The van der Waals surface area contributed by atoms with E-state index in [2.05, 4.69) is 0 Å². The number of alkyl halides is 7. The summed E-state index contributed by atoms with van der Waals surface area (Å²) >= 11 is 1.07. The molecule has 0 rings (SSSR count). The Kier molecular flexibility index (Phi) is 3.47. The molecule has 0 aromatic heterocycles. The minimum absolute atomic E-state index is 1.07. The molecule has 0 bridgehead atoms. The quantitative estimate of drug-likeness (QED) is 0.638. The maximum Gasteiger partial charge on any atom is 0.382 e. The zero-order valence-corrected chi connectivity index (χ0v) is 7.79. The Morgan fingerprint density at radius 2 is 1.50 bits per heavy atom. The van der Waals surface area contributed by atoms with E-state index in [-0.39, 0.29) is 0 Å². The lowest BCUT2D eigenvalue weighted by Gasteiger charge is -2.28. The molecule has 0 saturated carbocycles. The highest BCUT2D eigenvalue weighted by atomic mass is 79.9. The number of hydrogen-bond donors (Lipinski definition) is 1. The minimum Gasteiger partial charge on any atom is -0.481 e. The van der Waals surface area contributed by atoms with Crippen molar-refractivity contribution < 1.29 is 36.2 Å². The van der Waals surface area contributed by atoms with Crippen LogP contribution in [0.2, 0.25) is 0 Å². The molecule has 1 N–H and O–H groups in total. The molecule has 0 fully saturated rings. The average molecular weight is 289 g/mol. The number of carboxylic acids is 1. The van der Waals surface area contributed by atoms with Gasteiger partial charge in [0.25, 0.3) is 0 Å². The first-order chi connectivity index (χ1) is 5.92. The van der Waals surface area contributed by atoms with E-state index in [0.29, 0.717) is 0 Å². The average Bonchev–Trinajstić information content (AvgIpc) is 1.80. The van der Waals surface area contributed by atoms with Crippen molar-refractivity contribution in [3.8, 4) is 0 Å². The second-order valence-electron chi connectivity index (χ2n) is 2.35. The third-order valence-corrected chi connectivity index (χ3v) is 1.69. The fraction of sp³-hybridized carbons (Fsp3) is 0.800. The van der Waals surface area contributed by atoms with Gasteiger partial charge < -0.3 is 5.11 Å². The first kappa shape index (κ1) is 13.5. The van der Waals surface area contributed by atoms with Crippen molar-refractivity contribution >= 4 is 21.9 Å². The van der Waals surface area contributed by atoms with Crippen LogP contribution in [0.3, 0.4) is 0 Å². The topological polar surface area (TPSA) is 37.3 Å². The molecular weight excluding hydrogens is 286 g/mol. The van der Waals surface area contributed by atoms with Gasteiger partial charge in [-0.1, -0.05) is 0 Å². The molecule has 9 heteroatoms. The van der Waals surface area contributed by atoms with Gasteiger partial charge in [-0.3, -0.25) is 4.79 Å². The first-order valence-corrected chi connectivity index (χ1v) is 3.75. The van der Waals surface area contributed by atoms with Gasteiger partial charge in [0.05, 0.1) is 0 Å². The molecule has 0 aliphatic rings. The van der Waals surface area contributed by atoms with Crippen LogP contribution in [0, 0.1) is 0 Å². The Balaban J connectivity index is 4.97. The summed E-state index contributed by atoms with van der Waals surface area (Å²) in [5.74, 6) is -13.4. The van der Waals surface area contributed by atoms with Crippen molar-refractivity contribution in [3.63, 3.8) is 0 Å². The lowest BCUT2D eigenvalue weighted by molar-refractivity contribution is -0.275. The molecule has 0 aromatic rings. The molecule has 0 saturated heterocycles. The molecular formula is C5H3BrF6O2. The summed E-state index contributed by atoms with van der Waals surface area (Å²) in [6.45, 7) is 0. The molecule has 14 heavy (non-hydrogen) atoms. The molecule has 0 unspecified atom stereocenters. The van der Waals surface area contributed by atoms with Crippen molar-refractivity contribution in [1.29, 1.82) is 0 Å². The van der Waals surface area contributed by atoms with E-state index in [1.165, 1.54) is 0 Å². The van der Waals surface area contributed by atoms with E-state index in [9.17, 15) is 31.1 Å². The van der Waals surface area contributed by atoms with Gasteiger partial charge in [0.1, 0.15) is 6.42 Å². The van der Waals surface area contributed by atoms with Gasteiger partial charge in [-0.25, -0.2) is 0 Å². The third kappa shape index (κ3) is 2.52. The molecule has 0 aromatic carbocycles. The fourth-order valence-corrected chi connectivity index (χ4v) is 0.798. The largest absolute Gasteiger partial charge is 0.481 e. The summed E-state index contributed by atoms with van der Waals surface area (Å²) < 4.78 is 73.0. The van der Waals surface area contributed by atoms with Crippen molar-refractivity contribution in [2.75, 3.05) is 0 Å². The summed E-state index contributed by atoms with van der Waals surface area (Å²) in [6.07, 6.45) is -2.37. The Morgan fingerprint density at radius 3 is 1.71 bits per heavy atom. The van der Waals surface area contributed by atoms with Crippen LogP contribution < -0.4 is 0 Å². The second kappa shape index (κ2) is 3.59. The van der Waals surface area contributed by atoms with E-state index < -0.39 is 29.1 Å². The number of rotatable bonds is 4. The molecule has 0 aliphatic heterocycles. The van der Waals surface area contributed by atoms with Gasteiger partial charge in [0.2, 0.25) is 0 Å². The molecule has 0 atom stereocenters. The number of halogens is 7. The minimum atomic E-state index is -5.77. The Hall–Kier alpha value is -0.470. The van der Waals surface area contributed by atoms with E-state index in [0.717, 1.165) is 15.9 Å². The molecule has 0 aliphatic carbocycles. The van der Waals surface area contributed by atoms with E-state index >= 15 is 0 Å². The Bertz CT molecular complexity index is 235. The highest BCUT2D eigenvalue weighted by molar-refractivity contribution is 9.10. The summed E-state index contributed by atoms with van der Waals surface area (Å²) in [5, 5.41) is 7.80. The predicted octanol–water partition coefficient (Wildman–Crippen LogP) is 2.72. The van der Waals surface area contributed by atoms with Crippen LogP contribution in [0.1, 0.15) is 6.42 Å². The van der Waals surface area contributed by atoms with Crippen molar-refractivity contribution in [3.05, 3.63) is 0 Å². The fourth-order valence-electron chi connectivity index (χ4n) is 0.508. The van der Waals surface area contributed by atoms with Crippen LogP contribution in [-0.4, -0.2) is 27.8 Å². The van der Waals surface area contributed by atoms with Crippen molar-refractivity contribution in [1.82, 2.24) is 0 Å². The van der Waals surface area contributed by atoms with Crippen LogP contribution in [0.5, 0.6) is 0 Å². The van der Waals surface area contributed by atoms with Crippen LogP contribution in [-0.2, 0) is 4.79 Å². The summed E-state index contributed by atoms with van der Waals surface area (Å²) in [6, 6.07) is 0. The van der Waals surface area contributed by atoms with Crippen LogP contribution in [0.25, 0.3) is 0 Å². The maximum absolute atomic E-state index is 12.3. The van der Waals surface area contributed by atoms with E-state index in [1.54, 1.807) is 0 Å². The zero-order valence-electron chi connectivity index (χ0n) is 6.21. The Morgan fingerprint density at radius 1 is 1.14 bits per heavy atom. The predicted molar refractivity (Wildman–Crippen MR) is 36.0 cm³/mol. The standard InChI is InChI=1S/C5H3BrF6O2/c6-5(11,12)4(9,10)3(7,8)1-2(13)14/h1H2,(H,13,14). The van der Waals surface area contributed by atoms with Gasteiger partial charge >= 0.3 is 22.6 Å². The first-order valence-electron chi connectivity index (χ1n) is 2.96. The number of aliphatic carboxylic acids is 1. The number of carboxylic acid groups (broad SMARTS) is 1. The summed E-state index contributed by atoms with van der Waals surface area (Å²) in [4.78, 5) is 4.55. The van der Waals surface area contributed by atoms with Crippen LogP contribution in [0.4, 0.5) is 26.3 Å². The zero-order chi connectivity index (χ0) is 11.8. The second-order valence-corrected chi connectivity index (χ2v) is 3.34. The summed E-state index contributed by atoms with van der Waals surface area (Å²) in [7, 11) is 0. The lowest BCUT2D eigenvalue weighted by Crippen LogP contribution is -2.51. The van der Waals surface area contributed by atoms with Gasteiger partial charge in [-0.05, 0) is 15.9 Å². The molecule has 2 nitrogen and oxygen atoms in total. The smallest absolute Gasteiger partial charge is 0.382 e. The SMILES string of the molecule is O=C(O)CC(F)(F)C(F)(F)C(F)(F)Br. The van der Waals surface area contributed by atoms with Gasteiger partial charge in [-0.15, -0.1) is 0 Å². The van der Waals surface area contributed by atoms with Crippen LogP contribution in [0.15, 0.2) is 0 Å². The van der Waals surface area contributed by atoms with Gasteiger partial charge in [0.15, 0.2) is 0 Å². The van der Waals surface area contributed by atoms with E-state index in [4.69, 9.17) is 5.11 Å². The highest BCUT2D eigenvalue weighted by Gasteiger charge is 2.71. The van der Waals surface area contributed by atoms with E-state index in [1.807, 2.05) is 0 Å². The molecule has 0 radical (unpaired) electrons. The highest BCUT2D eigenvalue weighted by Crippen LogP contribution is 2.50. The molecule has 84 valence electrons. The Labute approximate surface area is 82.0 Å². The van der Waals surface area contributed by atoms with Gasteiger partial charge in [0, 0.05) is 0 Å². The number of hydrogen-bond acceptors (Lipinski definition) is 1. The maximum atomic E-state index is 12.3. The monoisotopic (exact) mass is 288 g/mol. The van der Waals surface area contributed by atoms with Gasteiger partial charge in [-0.2, -0.15) is 26.3 Å². The lowest BCUT2D eigenvalue weighted by atomic mass is 10.1.